The van der Waals surface area contributed by atoms with E-state index in [1.54, 1.807) is 0 Å². The molecule has 1 saturated heterocycles. The first kappa shape index (κ1) is 10.6. The molecule has 96 valence electrons. The Bertz CT molecular complexity index is 457. The molecule has 0 aromatic heterocycles. The monoisotopic (exact) mass is 248 g/mol. The van der Waals surface area contributed by atoms with E-state index in [0.717, 1.165) is 25.7 Å². The average molecular weight is 248 g/mol. The molecule has 3 aliphatic carbocycles. The van der Waals surface area contributed by atoms with Crippen molar-refractivity contribution in [3.8, 4) is 0 Å². The van der Waals surface area contributed by atoms with Crippen LogP contribution in [0.2, 0.25) is 0 Å². The van der Waals surface area contributed by atoms with Crippen molar-refractivity contribution < 1.29 is 19.1 Å². The zero-order valence-electron chi connectivity index (χ0n) is 10.1. The lowest BCUT2D eigenvalue weighted by molar-refractivity contribution is -0.219. The molecule has 0 N–H and O–H groups in total. The van der Waals surface area contributed by atoms with Crippen LogP contribution in [-0.4, -0.2) is 24.1 Å². The van der Waals surface area contributed by atoms with Gasteiger partial charge in [-0.25, -0.2) is 4.79 Å². The van der Waals surface area contributed by atoms with Crippen LogP contribution in [0.1, 0.15) is 25.7 Å². The molecule has 1 spiro atoms. The summed E-state index contributed by atoms with van der Waals surface area (Å²) in [6, 6.07) is 0. The Morgan fingerprint density at radius 1 is 1.44 bits per heavy atom. The summed E-state index contributed by atoms with van der Waals surface area (Å²) in [6.07, 6.45) is 4.69. The average Bonchev–Trinajstić information content (AvgIpc) is 2.57. The topological polar surface area (TPSA) is 52.6 Å². The van der Waals surface area contributed by atoms with Crippen molar-refractivity contribution in [2.75, 3.05) is 0 Å². The molecule has 3 bridgehead atoms. The van der Waals surface area contributed by atoms with Crippen molar-refractivity contribution in [3.63, 3.8) is 0 Å². The van der Waals surface area contributed by atoms with Crippen molar-refractivity contribution in [3.05, 3.63) is 12.7 Å². The molecule has 4 aliphatic rings. The van der Waals surface area contributed by atoms with Crippen molar-refractivity contribution >= 4 is 11.9 Å². The molecular weight excluding hydrogens is 232 g/mol. The number of carbonyl (C=O) groups excluding carboxylic acids is 2. The second-order valence-electron chi connectivity index (χ2n) is 6.20. The lowest BCUT2D eigenvalue weighted by atomic mass is 9.50. The summed E-state index contributed by atoms with van der Waals surface area (Å²) in [4.78, 5) is 23.4. The van der Waals surface area contributed by atoms with Crippen LogP contribution in [0.3, 0.4) is 0 Å². The van der Waals surface area contributed by atoms with E-state index < -0.39 is 5.97 Å². The fourth-order valence-electron chi connectivity index (χ4n) is 4.92. The summed E-state index contributed by atoms with van der Waals surface area (Å²) in [5.41, 5.74) is 0.196. The van der Waals surface area contributed by atoms with E-state index in [4.69, 9.17) is 9.47 Å². The molecule has 0 radical (unpaired) electrons. The summed E-state index contributed by atoms with van der Waals surface area (Å²) in [5.74, 6) is 0.668. The molecule has 1 heterocycles. The quantitative estimate of drug-likeness (QED) is 0.548. The molecule has 3 saturated carbocycles. The number of esters is 2. The van der Waals surface area contributed by atoms with Gasteiger partial charge in [-0.3, -0.25) is 4.79 Å². The molecule has 0 aromatic carbocycles. The molecule has 0 amide bonds. The van der Waals surface area contributed by atoms with Gasteiger partial charge < -0.3 is 9.47 Å². The number of fused-ring (bicyclic) bond motifs is 2. The van der Waals surface area contributed by atoms with E-state index in [0.29, 0.717) is 11.8 Å². The highest BCUT2D eigenvalue weighted by atomic mass is 16.6. The van der Waals surface area contributed by atoms with Crippen LogP contribution in [0, 0.1) is 23.2 Å². The third kappa shape index (κ3) is 1.07. The molecule has 6 unspecified atom stereocenters. The molecule has 4 heteroatoms. The van der Waals surface area contributed by atoms with Crippen LogP contribution in [0.4, 0.5) is 0 Å². The molecule has 4 fully saturated rings. The second kappa shape index (κ2) is 3.16. The highest BCUT2D eigenvalue weighted by Crippen LogP contribution is 2.71. The Morgan fingerprint density at radius 2 is 2.28 bits per heavy atom. The first-order valence-electron chi connectivity index (χ1n) is 6.67. The fraction of sp³-hybridized carbons (Fsp3) is 0.714. The summed E-state index contributed by atoms with van der Waals surface area (Å²) in [7, 11) is 0. The van der Waals surface area contributed by atoms with Gasteiger partial charge in [0.15, 0.2) is 0 Å². The van der Waals surface area contributed by atoms with Gasteiger partial charge in [-0.15, -0.1) is 0 Å². The fourth-order valence-corrected chi connectivity index (χ4v) is 4.92. The van der Waals surface area contributed by atoms with Crippen LogP contribution < -0.4 is 0 Å². The van der Waals surface area contributed by atoms with E-state index in [9.17, 15) is 9.59 Å². The Kier molecular flexibility index (Phi) is 1.86. The van der Waals surface area contributed by atoms with Crippen molar-refractivity contribution in [2.24, 2.45) is 23.2 Å². The normalized spacial score (nSPS) is 51.1. The summed E-state index contributed by atoms with van der Waals surface area (Å²) in [5, 5.41) is 0. The smallest absolute Gasteiger partial charge is 0.330 e. The SMILES string of the molecule is C=CC(=O)OC1C2CC3CC4C(=O)OC1CC34C2. The van der Waals surface area contributed by atoms with Gasteiger partial charge in [0.2, 0.25) is 0 Å². The van der Waals surface area contributed by atoms with Crippen LogP contribution in [0.25, 0.3) is 0 Å². The third-order valence-corrected chi connectivity index (χ3v) is 5.64. The van der Waals surface area contributed by atoms with E-state index in [-0.39, 0.29) is 29.5 Å². The zero-order chi connectivity index (χ0) is 12.5. The van der Waals surface area contributed by atoms with Gasteiger partial charge in [0.05, 0.1) is 5.92 Å². The Labute approximate surface area is 105 Å². The lowest BCUT2D eigenvalue weighted by Gasteiger charge is -2.57. The number of hydrogen-bond donors (Lipinski definition) is 0. The van der Waals surface area contributed by atoms with E-state index in [1.807, 2.05) is 0 Å². The standard InChI is InChI=1S/C14H16O4/c1-2-11(15)18-12-7-3-8-4-9-13(16)17-10(12)6-14(8,9)5-7/h2,7-10,12H,1,3-6H2. The lowest BCUT2D eigenvalue weighted by Crippen LogP contribution is -2.60. The minimum Gasteiger partial charge on any atom is -0.458 e. The Morgan fingerprint density at radius 3 is 3.06 bits per heavy atom. The van der Waals surface area contributed by atoms with Gasteiger partial charge in [0, 0.05) is 12.0 Å². The first-order valence-corrected chi connectivity index (χ1v) is 6.67. The van der Waals surface area contributed by atoms with E-state index in [1.165, 1.54) is 6.08 Å². The molecule has 4 rings (SSSR count). The maximum absolute atomic E-state index is 11.9. The molecule has 6 atom stereocenters. The summed E-state index contributed by atoms with van der Waals surface area (Å²) in [6.45, 7) is 3.42. The predicted octanol–water partition coefficient (Wildman–Crippen LogP) is 1.45. The van der Waals surface area contributed by atoms with Crippen molar-refractivity contribution in [1.29, 1.82) is 0 Å². The van der Waals surface area contributed by atoms with Crippen LogP contribution in [0.15, 0.2) is 12.7 Å². The highest BCUT2D eigenvalue weighted by molar-refractivity contribution is 5.81. The number of rotatable bonds is 2. The third-order valence-electron chi connectivity index (χ3n) is 5.64. The predicted molar refractivity (Wildman–Crippen MR) is 61.3 cm³/mol. The minimum absolute atomic E-state index is 0.0671. The van der Waals surface area contributed by atoms with E-state index in [2.05, 4.69) is 6.58 Å². The van der Waals surface area contributed by atoms with Crippen LogP contribution >= 0.6 is 0 Å². The second-order valence-corrected chi connectivity index (χ2v) is 6.20. The number of ether oxygens (including phenoxy) is 2. The van der Waals surface area contributed by atoms with Crippen molar-refractivity contribution in [2.45, 2.75) is 37.9 Å². The maximum Gasteiger partial charge on any atom is 0.330 e. The molecule has 18 heavy (non-hydrogen) atoms. The van der Waals surface area contributed by atoms with Gasteiger partial charge in [0.25, 0.3) is 0 Å². The molecular formula is C14H16O4. The van der Waals surface area contributed by atoms with Gasteiger partial charge in [0.1, 0.15) is 12.2 Å². The van der Waals surface area contributed by atoms with Gasteiger partial charge >= 0.3 is 11.9 Å². The highest BCUT2D eigenvalue weighted by Gasteiger charge is 2.71. The van der Waals surface area contributed by atoms with Gasteiger partial charge in [-0.05, 0) is 37.0 Å². The first-order chi connectivity index (χ1) is 8.64. The van der Waals surface area contributed by atoms with Gasteiger partial charge in [-0.2, -0.15) is 0 Å². The van der Waals surface area contributed by atoms with Gasteiger partial charge in [-0.1, -0.05) is 6.58 Å². The Hall–Kier alpha value is -1.32. The largest absolute Gasteiger partial charge is 0.458 e. The van der Waals surface area contributed by atoms with Crippen LogP contribution in [0.5, 0.6) is 0 Å². The van der Waals surface area contributed by atoms with Crippen molar-refractivity contribution in [1.82, 2.24) is 0 Å². The minimum atomic E-state index is -0.409. The zero-order valence-corrected chi connectivity index (χ0v) is 10.1. The summed E-state index contributed by atoms with van der Waals surface area (Å²) >= 11 is 0. The molecule has 4 nitrogen and oxygen atoms in total. The number of carbonyl (C=O) groups is 2. The molecule has 0 aromatic rings. The maximum atomic E-state index is 11.9. The van der Waals surface area contributed by atoms with E-state index >= 15 is 0 Å². The molecule has 1 aliphatic heterocycles. The Balaban J connectivity index is 1.66. The summed E-state index contributed by atoms with van der Waals surface area (Å²) < 4.78 is 10.9. The van der Waals surface area contributed by atoms with Crippen LogP contribution in [-0.2, 0) is 19.1 Å². The number of hydrogen-bond acceptors (Lipinski definition) is 4.